The molecule has 1 rings (SSSR count). The summed E-state index contributed by atoms with van der Waals surface area (Å²) in [6, 6.07) is 7.53. The van der Waals surface area contributed by atoms with E-state index < -0.39 is 0 Å². The second kappa shape index (κ2) is 15.0. The molecule has 0 fully saturated rings. The summed E-state index contributed by atoms with van der Waals surface area (Å²) in [6.07, 6.45) is 16.9. The summed E-state index contributed by atoms with van der Waals surface area (Å²) in [7, 11) is 0. The zero-order chi connectivity index (χ0) is 17.3. The predicted octanol–water partition coefficient (Wildman–Crippen LogP) is 6.33. The van der Waals surface area contributed by atoms with Gasteiger partial charge < -0.3 is 10.1 Å². The predicted molar refractivity (Wildman–Crippen MR) is 103 cm³/mol. The fraction of sp³-hybridized carbons (Fsp3) is 0.667. The lowest BCUT2D eigenvalue weighted by molar-refractivity contribution is -0.105. The Balaban J connectivity index is 1.88. The molecule has 1 aromatic rings. The van der Waals surface area contributed by atoms with Crippen LogP contribution in [0.15, 0.2) is 24.3 Å². The summed E-state index contributed by atoms with van der Waals surface area (Å²) >= 11 is 0. The fourth-order valence-electron chi connectivity index (χ4n) is 2.88. The van der Waals surface area contributed by atoms with Crippen molar-refractivity contribution in [1.29, 1.82) is 0 Å². The van der Waals surface area contributed by atoms with Gasteiger partial charge in [-0.05, 0) is 18.6 Å². The highest BCUT2D eigenvalue weighted by Crippen LogP contribution is 2.17. The molecule has 136 valence electrons. The van der Waals surface area contributed by atoms with Crippen LogP contribution in [0.4, 0.5) is 5.69 Å². The average molecular weight is 334 g/mol. The summed E-state index contributed by atoms with van der Waals surface area (Å²) < 4.78 is 5.73. The van der Waals surface area contributed by atoms with Crippen LogP contribution < -0.4 is 10.1 Å². The molecule has 0 heterocycles. The molecule has 3 heteroatoms. The van der Waals surface area contributed by atoms with E-state index in [1.165, 1.54) is 70.6 Å². The van der Waals surface area contributed by atoms with Crippen LogP contribution in [0.5, 0.6) is 5.75 Å². The van der Waals surface area contributed by atoms with Gasteiger partial charge in [-0.25, -0.2) is 0 Å². The van der Waals surface area contributed by atoms with E-state index in [9.17, 15) is 4.79 Å². The van der Waals surface area contributed by atoms with Crippen LogP contribution in [0.25, 0.3) is 0 Å². The number of carbonyl (C=O) groups is 1. The van der Waals surface area contributed by atoms with Gasteiger partial charge in [0, 0.05) is 11.8 Å². The van der Waals surface area contributed by atoms with Crippen molar-refractivity contribution in [3.8, 4) is 5.75 Å². The van der Waals surface area contributed by atoms with Crippen molar-refractivity contribution in [2.24, 2.45) is 0 Å². The third-order valence-electron chi connectivity index (χ3n) is 4.33. The molecular formula is C21H35NO2. The van der Waals surface area contributed by atoms with Gasteiger partial charge in [0.2, 0.25) is 6.41 Å². The minimum atomic E-state index is 0.685. The molecule has 0 bridgehead atoms. The first kappa shape index (κ1) is 20.5. The van der Waals surface area contributed by atoms with Gasteiger partial charge in [0.05, 0.1) is 6.61 Å². The Kier molecular flexibility index (Phi) is 12.9. The number of anilines is 1. The summed E-state index contributed by atoms with van der Waals surface area (Å²) in [6.45, 7) is 3.02. The molecule has 0 aliphatic rings. The van der Waals surface area contributed by atoms with Crippen molar-refractivity contribution in [3.63, 3.8) is 0 Å². The van der Waals surface area contributed by atoms with Crippen LogP contribution in [-0.2, 0) is 4.79 Å². The molecule has 1 aromatic carbocycles. The van der Waals surface area contributed by atoms with Crippen LogP contribution in [-0.4, -0.2) is 13.0 Å². The van der Waals surface area contributed by atoms with Gasteiger partial charge in [-0.3, -0.25) is 4.79 Å². The van der Waals surface area contributed by atoms with Crippen molar-refractivity contribution in [1.82, 2.24) is 0 Å². The topological polar surface area (TPSA) is 38.3 Å². The van der Waals surface area contributed by atoms with E-state index in [1.807, 2.05) is 24.3 Å². The summed E-state index contributed by atoms with van der Waals surface area (Å²) in [5, 5.41) is 2.64. The Morgan fingerprint density at radius 3 is 2.04 bits per heavy atom. The van der Waals surface area contributed by atoms with Crippen LogP contribution >= 0.6 is 0 Å². The van der Waals surface area contributed by atoms with Crippen LogP contribution in [0.1, 0.15) is 84.0 Å². The second-order valence-corrected chi connectivity index (χ2v) is 6.53. The Morgan fingerprint density at radius 1 is 0.875 bits per heavy atom. The van der Waals surface area contributed by atoms with E-state index in [1.54, 1.807) is 0 Å². The third kappa shape index (κ3) is 11.1. The number of carbonyl (C=O) groups excluding carboxylic acids is 1. The zero-order valence-corrected chi connectivity index (χ0v) is 15.4. The fourth-order valence-corrected chi connectivity index (χ4v) is 2.88. The van der Waals surface area contributed by atoms with Gasteiger partial charge in [0.15, 0.2) is 0 Å². The lowest BCUT2D eigenvalue weighted by Crippen LogP contribution is -1.99. The monoisotopic (exact) mass is 333 g/mol. The highest BCUT2D eigenvalue weighted by Gasteiger charge is 1.97. The molecule has 0 radical (unpaired) electrons. The van der Waals surface area contributed by atoms with Gasteiger partial charge in [-0.2, -0.15) is 0 Å². The molecule has 0 saturated heterocycles. The normalized spacial score (nSPS) is 10.5. The van der Waals surface area contributed by atoms with Gasteiger partial charge >= 0.3 is 0 Å². The smallest absolute Gasteiger partial charge is 0.211 e. The standard InChI is InChI=1S/C21H35NO2/c1-2-3-4-5-6-7-8-9-10-11-12-13-17-24-21-16-14-15-20(18-21)22-19-23/h14-16,18-19H,2-13,17H2,1H3,(H,22,23). The molecule has 0 spiro atoms. The SMILES string of the molecule is CCCCCCCCCCCCCCOc1cccc(NC=O)c1. The molecule has 0 atom stereocenters. The number of hydrogen-bond acceptors (Lipinski definition) is 2. The van der Waals surface area contributed by atoms with E-state index in [-0.39, 0.29) is 0 Å². The Hall–Kier alpha value is -1.51. The molecular weight excluding hydrogens is 298 g/mol. The van der Waals surface area contributed by atoms with Gasteiger partial charge in [0.25, 0.3) is 0 Å². The number of hydrogen-bond donors (Lipinski definition) is 1. The molecule has 0 saturated carbocycles. The summed E-state index contributed by atoms with van der Waals surface area (Å²) in [5.41, 5.74) is 0.775. The molecule has 0 unspecified atom stereocenters. The van der Waals surface area contributed by atoms with Crippen molar-refractivity contribution in [2.75, 3.05) is 11.9 Å². The molecule has 1 N–H and O–H groups in total. The Labute approximate surface area is 148 Å². The molecule has 0 aliphatic heterocycles. The lowest BCUT2D eigenvalue weighted by Gasteiger charge is -2.07. The minimum absolute atomic E-state index is 0.685. The van der Waals surface area contributed by atoms with E-state index in [0.29, 0.717) is 6.41 Å². The van der Waals surface area contributed by atoms with Crippen molar-refractivity contribution >= 4 is 12.1 Å². The molecule has 3 nitrogen and oxygen atoms in total. The van der Waals surface area contributed by atoms with E-state index >= 15 is 0 Å². The van der Waals surface area contributed by atoms with Crippen LogP contribution in [0, 0.1) is 0 Å². The van der Waals surface area contributed by atoms with E-state index in [0.717, 1.165) is 24.5 Å². The number of benzene rings is 1. The molecule has 1 amide bonds. The van der Waals surface area contributed by atoms with E-state index in [2.05, 4.69) is 12.2 Å². The van der Waals surface area contributed by atoms with Gasteiger partial charge in [-0.1, -0.05) is 83.6 Å². The maximum absolute atomic E-state index is 10.4. The average Bonchev–Trinajstić information content (AvgIpc) is 2.60. The number of unbranched alkanes of at least 4 members (excludes halogenated alkanes) is 11. The maximum Gasteiger partial charge on any atom is 0.211 e. The largest absolute Gasteiger partial charge is 0.494 e. The minimum Gasteiger partial charge on any atom is -0.494 e. The summed E-state index contributed by atoms with van der Waals surface area (Å²) in [4.78, 5) is 10.4. The number of ether oxygens (including phenoxy) is 1. The van der Waals surface area contributed by atoms with Crippen molar-refractivity contribution in [3.05, 3.63) is 24.3 Å². The molecule has 24 heavy (non-hydrogen) atoms. The number of nitrogens with one attached hydrogen (secondary N) is 1. The van der Waals surface area contributed by atoms with Crippen LogP contribution in [0.2, 0.25) is 0 Å². The van der Waals surface area contributed by atoms with Crippen molar-refractivity contribution in [2.45, 2.75) is 84.0 Å². The lowest BCUT2D eigenvalue weighted by atomic mass is 10.1. The van der Waals surface area contributed by atoms with Crippen molar-refractivity contribution < 1.29 is 9.53 Å². The quantitative estimate of drug-likeness (QED) is 0.283. The highest BCUT2D eigenvalue weighted by atomic mass is 16.5. The first-order chi connectivity index (χ1) is 11.9. The maximum atomic E-state index is 10.4. The third-order valence-corrected chi connectivity index (χ3v) is 4.33. The number of rotatable bonds is 16. The van der Waals surface area contributed by atoms with E-state index in [4.69, 9.17) is 4.74 Å². The second-order valence-electron chi connectivity index (χ2n) is 6.53. The van der Waals surface area contributed by atoms with Gasteiger partial charge in [0.1, 0.15) is 5.75 Å². The Morgan fingerprint density at radius 2 is 1.46 bits per heavy atom. The highest BCUT2D eigenvalue weighted by molar-refractivity contribution is 5.71. The zero-order valence-electron chi connectivity index (χ0n) is 15.4. The first-order valence-corrected chi connectivity index (χ1v) is 9.80. The molecule has 0 aromatic heterocycles. The number of amides is 1. The first-order valence-electron chi connectivity index (χ1n) is 9.80. The van der Waals surface area contributed by atoms with Crippen LogP contribution in [0.3, 0.4) is 0 Å². The Bertz CT molecular complexity index is 420. The summed E-state index contributed by atoms with van der Waals surface area (Å²) in [5.74, 6) is 0.824. The van der Waals surface area contributed by atoms with Gasteiger partial charge in [-0.15, -0.1) is 0 Å². The molecule has 0 aliphatic carbocycles.